The fourth-order valence-electron chi connectivity index (χ4n) is 3.76. The lowest BCUT2D eigenvalue weighted by Crippen LogP contribution is -2.23. The summed E-state index contributed by atoms with van der Waals surface area (Å²) in [4.78, 5) is 9.54. The molecule has 1 saturated carbocycles. The maximum absolute atomic E-state index is 5.32. The SMILES string of the molecule is COc1cccc(CNc2cc(-c3ccccc3)nc(NC3CCCCC3)n2)c1. The highest BCUT2D eigenvalue weighted by Gasteiger charge is 2.15. The first-order valence-corrected chi connectivity index (χ1v) is 10.4. The number of aromatic nitrogens is 2. The van der Waals surface area contributed by atoms with Crippen LogP contribution in [-0.4, -0.2) is 23.1 Å². The summed E-state index contributed by atoms with van der Waals surface area (Å²) in [6, 6.07) is 20.8. The maximum Gasteiger partial charge on any atom is 0.225 e. The second-order valence-corrected chi connectivity index (χ2v) is 7.51. The van der Waals surface area contributed by atoms with Crippen LogP contribution in [0.4, 0.5) is 11.8 Å². The highest BCUT2D eigenvalue weighted by molar-refractivity contribution is 5.64. The first kappa shape index (κ1) is 19.2. The summed E-state index contributed by atoms with van der Waals surface area (Å²) in [6.07, 6.45) is 6.25. The lowest BCUT2D eigenvalue weighted by molar-refractivity contribution is 0.414. The van der Waals surface area contributed by atoms with Crippen LogP contribution in [0.15, 0.2) is 60.7 Å². The van der Waals surface area contributed by atoms with Gasteiger partial charge in [0, 0.05) is 24.2 Å². The van der Waals surface area contributed by atoms with Crippen molar-refractivity contribution in [3.05, 3.63) is 66.2 Å². The molecule has 29 heavy (non-hydrogen) atoms. The molecule has 2 aromatic carbocycles. The van der Waals surface area contributed by atoms with Crippen LogP contribution in [0, 0.1) is 0 Å². The summed E-state index contributed by atoms with van der Waals surface area (Å²) in [5, 5.41) is 7.02. The average molecular weight is 389 g/mol. The molecule has 0 radical (unpaired) electrons. The van der Waals surface area contributed by atoms with Crippen LogP contribution in [-0.2, 0) is 6.54 Å². The minimum absolute atomic E-state index is 0.459. The quantitative estimate of drug-likeness (QED) is 0.559. The van der Waals surface area contributed by atoms with Crippen LogP contribution < -0.4 is 15.4 Å². The molecular formula is C24H28N4O. The number of rotatable bonds is 7. The summed E-state index contributed by atoms with van der Waals surface area (Å²) in [7, 11) is 1.69. The zero-order valence-electron chi connectivity index (χ0n) is 16.9. The minimum Gasteiger partial charge on any atom is -0.497 e. The second-order valence-electron chi connectivity index (χ2n) is 7.51. The van der Waals surface area contributed by atoms with E-state index in [9.17, 15) is 0 Å². The van der Waals surface area contributed by atoms with Gasteiger partial charge in [-0.25, -0.2) is 4.98 Å². The Morgan fingerprint density at radius 1 is 0.931 bits per heavy atom. The van der Waals surface area contributed by atoms with Gasteiger partial charge in [-0.3, -0.25) is 0 Å². The Labute approximate surface area is 172 Å². The Hall–Kier alpha value is -3.08. The van der Waals surface area contributed by atoms with Crippen LogP contribution in [0.5, 0.6) is 5.75 Å². The zero-order valence-corrected chi connectivity index (χ0v) is 16.9. The number of methoxy groups -OCH3 is 1. The molecule has 5 heteroatoms. The Morgan fingerprint density at radius 3 is 2.55 bits per heavy atom. The number of nitrogens with zero attached hydrogens (tertiary/aromatic N) is 2. The van der Waals surface area contributed by atoms with Gasteiger partial charge in [-0.1, -0.05) is 61.7 Å². The number of hydrogen-bond donors (Lipinski definition) is 2. The summed E-state index contributed by atoms with van der Waals surface area (Å²) in [6.45, 7) is 0.672. The van der Waals surface area contributed by atoms with Crippen LogP contribution in [0.1, 0.15) is 37.7 Å². The number of benzene rings is 2. The Kier molecular flexibility index (Phi) is 6.25. The first-order chi connectivity index (χ1) is 14.3. The summed E-state index contributed by atoms with van der Waals surface area (Å²) in [5.74, 6) is 2.38. The Morgan fingerprint density at radius 2 is 1.76 bits per heavy atom. The molecule has 2 N–H and O–H groups in total. The van der Waals surface area contributed by atoms with Gasteiger partial charge in [0.25, 0.3) is 0 Å². The van der Waals surface area contributed by atoms with Crippen molar-refractivity contribution in [2.45, 2.75) is 44.7 Å². The van der Waals surface area contributed by atoms with Crippen LogP contribution in [0.3, 0.4) is 0 Å². The van der Waals surface area contributed by atoms with E-state index in [1.165, 1.54) is 32.1 Å². The highest BCUT2D eigenvalue weighted by Crippen LogP contribution is 2.25. The van der Waals surface area contributed by atoms with Gasteiger partial charge >= 0.3 is 0 Å². The van der Waals surface area contributed by atoms with Crippen molar-refractivity contribution in [3.8, 4) is 17.0 Å². The minimum atomic E-state index is 0.459. The lowest BCUT2D eigenvalue weighted by atomic mass is 9.96. The standard InChI is InChI=1S/C24H28N4O/c1-29-21-14-8-9-18(15-21)17-25-23-16-22(19-10-4-2-5-11-19)27-24(28-23)26-20-12-6-3-7-13-20/h2,4-5,8-11,14-16,20H,3,6-7,12-13,17H2,1H3,(H2,25,26,27,28). The predicted octanol–water partition coefficient (Wildman–Crippen LogP) is 5.51. The Balaban J connectivity index is 1.56. The van der Waals surface area contributed by atoms with Crippen molar-refractivity contribution in [1.82, 2.24) is 9.97 Å². The van der Waals surface area contributed by atoms with Crippen molar-refractivity contribution >= 4 is 11.8 Å². The summed E-state index contributed by atoms with van der Waals surface area (Å²) in [5.41, 5.74) is 3.16. The molecule has 0 amide bonds. The number of ether oxygens (including phenoxy) is 1. The zero-order chi connectivity index (χ0) is 19.9. The van der Waals surface area contributed by atoms with E-state index in [4.69, 9.17) is 14.7 Å². The van der Waals surface area contributed by atoms with Crippen LogP contribution in [0.2, 0.25) is 0 Å². The van der Waals surface area contributed by atoms with E-state index in [1.807, 2.05) is 42.5 Å². The second kappa shape index (κ2) is 9.41. The molecule has 1 aromatic heterocycles. The van der Waals surface area contributed by atoms with Gasteiger partial charge in [-0.2, -0.15) is 4.98 Å². The predicted molar refractivity (Wildman–Crippen MR) is 118 cm³/mol. The van der Waals surface area contributed by atoms with E-state index in [0.29, 0.717) is 18.5 Å². The highest BCUT2D eigenvalue weighted by atomic mass is 16.5. The van der Waals surface area contributed by atoms with Gasteiger partial charge in [0.2, 0.25) is 5.95 Å². The monoisotopic (exact) mass is 388 g/mol. The van der Waals surface area contributed by atoms with Crippen molar-refractivity contribution < 1.29 is 4.74 Å². The van der Waals surface area contributed by atoms with E-state index in [-0.39, 0.29) is 0 Å². The van der Waals surface area contributed by atoms with Gasteiger partial charge < -0.3 is 15.4 Å². The van der Waals surface area contributed by atoms with Crippen LogP contribution in [0.25, 0.3) is 11.3 Å². The molecule has 0 saturated heterocycles. The third-order valence-corrected chi connectivity index (χ3v) is 5.34. The third-order valence-electron chi connectivity index (χ3n) is 5.34. The molecule has 5 nitrogen and oxygen atoms in total. The number of nitrogens with one attached hydrogen (secondary N) is 2. The normalized spacial score (nSPS) is 14.4. The first-order valence-electron chi connectivity index (χ1n) is 10.4. The van der Waals surface area contributed by atoms with Gasteiger partial charge in [0.05, 0.1) is 12.8 Å². The van der Waals surface area contributed by atoms with Crippen molar-refractivity contribution in [2.75, 3.05) is 17.7 Å². The molecule has 0 atom stereocenters. The largest absolute Gasteiger partial charge is 0.497 e. The average Bonchev–Trinajstić information content (AvgIpc) is 2.79. The summed E-state index contributed by atoms with van der Waals surface area (Å²) >= 11 is 0. The fourth-order valence-corrected chi connectivity index (χ4v) is 3.76. The molecule has 0 unspecified atom stereocenters. The summed E-state index contributed by atoms with van der Waals surface area (Å²) < 4.78 is 5.32. The molecule has 1 heterocycles. The maximum atomic E-state index is 5.32. The molecule has 0 aliphatic heterocycles. The van der Waals surface area contributed by atoms with Gasteiger partial charge in [0.15, 0.2) is 0 Å². The van der Waals surface area contributed by atoms with E-state index in [2.05, 4.69) is 28.8 Å². The van der Waals surface area contributed by atoms with E-state index < -0.39 is 0 Å². The van der Waals surface area contributed by atoms with Crippen LogP contribution >= 0.6 is 0 Å². The third kappa shape index (κ3) is 5.25. The number of anilines is 2. The van der Waals surface area contributed by atoms with E-state index >= 15 is 0 Å². The van der Waals surface area contributed by atoms with Crippen molar-refractivity contribution in [3.63, 3.8) is 0 Å². The van der Waals surface area contributed by atoms with E-state index in [0.717, 1.165) is 28.4 Å². The fraction of sp³-hybridized carbons (Fsp3) is 0.333. The molecule has 1 aliphatic carbocycles. The van der Waals surface area contributed by atoms with Crippen molar-refractivity contribution in [2.24, 2.45) is 0 Å². The smallest absolute Gasteiger partial charge is 0.225 e. The molecule has 1 fully saturated rings. The number of hydrogen-bond acceptors (Lipinski definition) is 5. The molecular weight excluding hydrogens is 360 g/mol. The van der Waals surface area contributed by atoms with Gasteiger partial charge in [-0.15, -0.1) is 0 Å². The lowest BCUT2D eigenvalue weighted by Gasteiger charge is -2.23. The topological polar surface area (TPSA) is 59.1 Å². The Bertz CT molecular complexity index is 923. The van der Waals surface area contributed by atoms with E-state index in [1.54, 1.807) is 7.11 Å². The molecule has 150 valence electrons. The molecule has 0 bridgehead atoms. The van der Waals surface area contributed by atoms with Crippen molar-refractivity contribution in [1.29, 1.82) is 0 Å². The molecule has 3 aromatic rings. The molecule has 4 rings (SSSR count). The van der Waals surface area contributed by atoms with Gasteiger partial charge in [0.1, 0.15) is 11.6 Å². The molecule has 1 aliphatic rings. The molecule has 0 spiro atoms. The van der Waals surface area contributed by atoms with Gasteiger partial charge in [-0.05, 0) is 30.5 Å².